The second-order valence-electron chi connectivity index (χ2n) is 4.58. The molecule has 2 aromatic carbocycles. The summed E-state index contributed by atoms with van der Waals surface area (Å²) in [5, 5.41) is 14.7. The molecule has 0 saturated heterocycles. The number of nitro benzene ring substituents is 1. The standard InChI is InChI=1S/C16H15N3O4/c1-23-15(12-7-3-2-4-8-12)16(20)18-17-11-13-9-5-6-10-14(13)19(21)22/h2-11,15H,1H3,(H,18,20)/b17-11-/t15-/m1/s1. The van der Waals surface area contributed by atoms with E-state index in [-0.39, 0.29) is 5.69 Å². The average Bonchev–Trinajstić information content (AvgIpc) is 2.57. The Morgan fingerprint density at radius 3 is 2.52 bits per heavy atom. The number of carbonyl (C=O) groups excluding carboxylic acids is 1. The molecule has 118 valence electrons. The van der Waals surface area contributed by atoms with Gasteiger partial charge in [-0.05, 0) is 11.6 Å². The second-order valence-corrected chi connectivity index (χ2v) is 4.58. The van der Waals surface area contributed by atoms with Crippen LogP contribution in [0, 0.1) is 10.1 Å². The Balaban J connectivity index is 2.08. The van der Waals surface area contributed by atoms with E-state index in [9.17, 15) is 14.9 Å². The lowest BCUT2D eigenvalue weighted by Gasteiger charge is -2.13. The van der Waals surface area contributed by atoms with Gasteiger partial charge in [-0.25, -0.2) is 5.43 Å². The van der Waals surface area contributed by atoms with Crippen molar-refractivity contribution in [1.29, 1.82) is 0 Å². The SMILES string of the molecule is CO[C@@H](C(=O)N/N=C\c1ccccc1[N+](=O)[O-])c1ccccc1. The molecule has 23 heavy (non-hydrogen) atoms. The van der Waals surface area contributed by atoms with Crippen LogP contribution in [0.5, 0.6) is 0 Å². The summed E-state index contributed by atoms with van der Waals surface area (Å²) in [5.41, 5.74) is 3.23. The summed E-state index contributed by atoms with van der Waals surface area (Å²) in [6, 6.07) is 15.1. The zero-order valence-electron chi connectivity index (χ0n) is 12.4. The predicted octanol–water partition coefficient (Wildman–Crippen LogP) is 2.43. The Morgan fingerprint density at radius 2 is 1.87 bits per heavy atom. The minimum atomic E-state index is -0.806. The van der Waals surface area contributed by atoms with E-state index in [1.54, 1.807) is 42.5 Å². The van der Waals surface area contributed by atoms with Gasteiger partial charge in [-0.3, -0.25) is 14.9 Å². The number of hydrazone groups is 1. The van der Waals surface area contributed by atoms with E-state index < -0.39 is 16.9 Å². The first kappa shape index (κ1) is 16.3. The van der Waals surface area contributed by atoms with Crippen LogP contribution < -0.4 is 5.43 Å². The summed E-state index contributed by atoms with van der Waals surface area (Å²) < 4.78 is 5.17. The maximum Gasteiger partial charge on any atom is 0.278 e. The second kappa shape index (κ2) is 7.81. The van der Waals surface area contributed by atoms with Crippen LogP contribution in [0.1, 0.15) is 17.2 Å². The van der Waals surface area contributed by atoms with Crippen LogP contribution in [-0.2, 0) is 9.53 Å². The summed E-state index contributed by atoms with van der Waals surface area (Å²) in [7, 11) is 1.42. The quantitative estimate of drug-likeness (QED) is 0.503. The van der Waals surface area contributed by atoms with Gasteiger partial charge < -0.3 is 4.74 Å². The molecule has 0 bridgehead atoms. The van der Waals surface area contributed by atoms with Crippen molar-refractivity contribution in [3.8, 4) is 0 Å². The molecule has 0 heterocycles. The Hall–Kier alpha value is -3.06. The molecule has 0 aromatic heterocycles. The van der Waals surface area contributed by atoms with E-state index in [1.807, 2.05) is 6.07 Å². The first-order valence-electron chi connectivity index (χ1n) is 6.77. The van der Waals surface area contributed by atoms with Crippen LogP contribution >= 0.6 is 0 Å². The van der Waals surface area contributed by atoms with Gasteiger partial charge in [0.2, 0.25) is 0 Å². The molecule has 0 unspecified atom stereocenters. The number of nitro groups is 1. The molecule has 7 heteroatoms. The molecular weight excluding hydrogens is 298 g/mol. The number of benzene rings is 2. The van der Waals surface area contributed by atoms with Gasteiger partial charge in [0.25, 0.3) is 11.6 Å². The smallest absolute Gasteiger partial charge is 0.278 e. The minimum Gasteiger partial charge on any atom is -0.367 e. The van der Waals surface area contributed by atoms with E-state index >= 15 is 0 Å². The molecule has 0 aliphatic heterocycles. The van der Waals surface area contributed by atoms with Crippen molar-refractivity contribution >= 4 is 17.8 Å². The van der Waals surface area contributed by atoms with Crippen molar-refractivity contribution in [3.05, 3.63) is 75.8 Å². The average molecular weight is 313 g/mol. The summed E-state index contributed by atoms with van der Waals surface area (Å²) in [5.74, 6) is -0.464. The molecule has 2 rings (SSSR count). The molecule has 1 atom stereocenters. The first-order valence-corrected chi connectivity index (χ1v) is 6.77. The zero-order valence-corrected chi connectivity index (χ0v) is 12.4. The number of rotatable bonds is 6. The molecule has 0 fully saturated rings. The third kappa shape index (κ3) is 4.21. The lowest BCUT2D eigenvalue weighted by molar-refractivity contribution is -0.385. The zero-order chi connectivity index (χ0) is 16.7. The number of nitrogens with zero attached hydrogens (tertiary/aromatic N) is 2. The Labute approximate surface area is 132 Å². The molecule has 7 nitrogen and oxygen atoms in total. The summed E-state index contributed by atoms with van der Waals surface area (Å²) in [6.07, 6.45) is 0.424. The number of amides is 1. The highest BCUT2D eigenvalue weighted by Crippen LogP contribution is 2.17. The van der Waals surface area contributed by atoms with Crippen molar-refractivity contribution < 1.29 is 14.5 Å². The van der Waals surface area contributed by atoms with Crippen LogP contribution in [0.2, 0.25) is 0 Å². The van der Waals surface area contributed by atoms with E-state index in [4.69, 9.17) is 4.74 Å². The number of hydrogen-bond donors (Lipinski definition) is 1. The molecule has 0 radical (unpaired) electrons. The van der Waals surface area contributed by atoms with Gasteiger partial charge in [-0.15, -0.1) is 0 Å². The van der Waals surface area contributed by atoms with Crippen molar-refractivity contribution in [2.45, 2.75) is 6.10 Å². The van der Waals surface area contributed by atoms with Crippen LogP contribution in [0.25, 0.3) is 0 Å². The van der Waals surface area contributed by atoms with Crippen molar-refractivity contribution in [2.24, 2.45) is 5.10 Å². The molecule has 0 saturated carbocycles. The predicted molar refractivity (Wildman–Crippen MR) is 85.0 cm³/mol. The van der Waals surface area contributed by atoms with Crippen LogP contribution in [0.15, 0.2) is 59.7 Å². The topological polar surface area (TPSA) is 93.8 Å². The first-order chi connectivity index (χ1) is 11.1. The highest BCUT2D eigenvalue weighted by Gasteiger charge is 2.19. The van der Waals surface area contributed by atoms with Crippen molar-refractivity contribution in [3.63, 3.8) is 0 Å². The van der Waals surface area contributed by atoms with Crippen molar-refractivity contribution in [2.75, 3.05) is 7.11 Å². The Kier molecular flexibility index (Phi) is 5.54. The lowest BCUT2D eigenvalue weighted by atomic mass is 10.1. The Bertz CT molecular complexity index is 716. The molecule has 0 aliphatic carbocycles. The third-order valence-corrected chi connectivity index (χ3v) is 3.09. The number of methoxy groups -OCH3 is 1. The van der Waals surface area contributed by atoms with E-state index in [2.05, 4.69) is 10.5 Å². The number of hydrogen-bond acceptors (Lipinski definition) is 5. The van der Waals surface area contributed by atoms with Gasteiger partial charge in [-0.1, -0.05) is 42.5 Å². The van der Waals surface area contributed by atoms with E-state index in [0.717, 1.165) is 0 Å². The van der Waals surface area contributed by atoms with Gasteiger partial charge in [0.15, 0.2) is 6.10 Å². The highest BCUT2D eigenvalue weighted by atomic mass is 16.6. The van der Waals surface area contributed by atoms with Gasteiger partial charge in [-0.2, -0.15) is 5.10 Å². The molecular formula is C16H15N3O4. The fraction of sp³-hybridized carbons (Fsp3) is 0.125. The molecule has 1 N–H and O–H groups in total. The normalized spacial score (nSPS) is 12.0. The lowest BCUT2D eigenvalue weighted by Crippen LogP contribution is -2.26. The number of ether oxygens (including phenoxy) is 1. The van der Waals surface area contributed by atoms with Gasteiger partial charge in [0.05, 0.1) is 16.7 Å². The number of carbonyl (C=O) groups is 1. The summed E-state index contributed by atoms with van der Waals surface area (Å²) in [6.45, 7) is 0. The largest absolute Gasteiger partial charge is 0.367 e. The fourth-order valence-electron chi connectivity index (χ4n) is 2.01. The minimum absolute atomic E-state index is 0.0863. The molecule has 0 spiro atoms. The highest BCUT2D eigenvalue weighted by molar-refractivity contribution is 5.87. The molecule has 2 aromatic rings. The number of nitrogens with one attached hydrogen (secondary N) is 1. The maximum absolute atomic E-state index is 12.1. The fourth-order valence-corrected chi connectivity index (χ4v) is 2.01. The Morgan fingerprint density at radius 1 is 1.22 bits per heavy atom. The van der Waals surface area contributed by atoms with Gasteiger partial charge >= 0.3 is 0 Å². The van der Waals surface area contributed by atoms with Crippen LogP contribution in [0.3, 0.4) is 0 Å². The van der Waals surface area contributed by atoms with Gasteiger partial charge in [0, 0.05) is 13.2 Å². The summed E-state index contributed by atoms with van der Waals surface area (Å²) in [4.78, 5) is 22.5. The summed E-state index contributed by atoms with van der Waals surface area (Å²) >= 11 is 0. The maximum atomic E-state index is 12.1. The van der Waals surface area contributed by atoms with Crippen molar-refractivity contribution in [1.82, 2.24) is 5.43 Å². The monoisotopic (exact) mass is 313 g/mol. The third-order valence-electron chi connectivity index (χ3n) is 3.09. The van der Waals surface area contributed by atoms with E-state index in [1.165, 1.54) is 19.4 Å². The molecule has 0 aliphatic rings. The van der Waals surface area contributed by atoms with Crippen LogP contribution in [0.4, 0.5) is 5.69 Å². The van der Waals surface area contributed by atoms with E-state index in [0.29, 0.717) is 11.1 Å². The number of para-hydroxylation sites is 1. The molecule has 1 amide bonds. The van der Waals surface area contributed by atoms with Gasteiger partial charge in [0.1, 0.15) is 0 Å². The van der Waals surface area contributed by atoms with Crippen LogP contribution in [-0.4, -0.2) is 24.2 Å².